The van der Waals surface area contributed by atoms with Gasteiger partial charge in [-0.15, -0.1) is 0 Å². The van der Waals surface area contributed by atoms with Gasteiger partial charge in [-0.2, -0.15) is 0 Å². The normalized spacial score (nSPS) is 21.6. The number of carbonyl (C=O) groups excluding carboxylic acids is 1. The van der Waals surface area contributed by atoms with Crippen molar-refractivity contribution in [3.05, 3.63) is 29.6 Å². The number of carboxylic acid groups (broad SMARTS) is 1. The number of urea groups is 1. The van der Waals surface area contributed by atoms with Crippen LogP contribution in [0.4, 0.5) is 4.79 Å². The second-order valence-corrected chi connectivity index (χ2v) is 5.58. The van der Waals surface area contributed by atoms with Gasteiger partial charge in [0.1, 0.15) is 0 Å². The van der Waals surface area contributed by atoms with E-state index in [1.165, 1.54) is 0 Å². The highest BCUT2D eigenvalue weighted by molar-refractivity contribution is 5.74. The number of hydrogen-bond acceptors (Lipinski definition) is 3. The molecule has 0 spiro atoms. The van der Waals surface area contributed by atoms with E-state index in [9.17, 15) is 9.59 Å². The van der Waals surface area contributed by atoms with E-state index in [4.69, 9.17) is 5.11 Å². The highest BCUT2D eigenvalue weighted by Gasteiger charge is 2.26. The molecule has 1 aliphatic carbocycles. The van der Waals surface area contributed by atoms with Crippen molar-refractivity contribution >= 4 is 12.0 Å². The summed E-state index contributed by atoms with van der Waals surface area (Å²) in [5.41, 5.74) is 2.02. The Kier molecular flexibility index (Phi) is 5.14. The maximum Gasteiger partial charge on any atom is 0.315 e. The molecule has 114 valence electrons. The Morgan fingerprint density at radius 2 is 2.00 bits per heavy atom. The van der Waals surface area contributed by atoms with Crippen LogP contribution in [-0.4, -0.2) is 28.1 Å². The third-order valence-electron chi connectivity index (χ3n) is 3.80. The maximum atomic E-state index is 11.8. The molecule has 0 unspecified atom stereocenters. The van der Waals surface area contributed by atoms with E-state index in [1.54, 1.807) is 12.4 Å². The SMILES string of the molecule is Cc1cncc(CNC(=O)NC2CCC(C(=O)O)CC2)c1. The molecule has 1 aliphatic rings. The molecule has 1 heterocycles. The van der Waals surface area contributed by atoms with Gasteiger partial charge < -0.3 is 15.7 Å². The number of amides is 2. The summed E-state index contributed by atoms with van der Waals surface area (Å²) in [4.78, 5) is 26.8. The minimum absolute atomic E-state index is 0.0660. The number of aryl methyl sites for hydroxylation is 1. The van der Waals surface area contributed by atoms with E-state index in [-0.39, 0.29) is 18.0 Å². The van der Waals surface area contributed by atoms with Crippen LogP contribution >= 0.6 is 0 Å². The van der Waals surface area contributed by atoms with Gasteiger partial charge in [0.15, 0.2) is 0 Å². The highest BCUT2D eigenvalue weighted by atomic mass is 16.4. The second kappa shape index (κ2) is 7.06. The summed E-state index contributed by atoms with van der Waals surface area (Å²) < 4.78 is 0. The predicted octanol–water partition coefficient (Wildman–Crippen LogP) is 1.83. The van der Waals surface area contributed by atoms with Gasteiger partial charge in [0.2, 0.25) is 0 Å². The monoisotopic (exact) mass is 291 g/mol. The van der Waals surface area contributed by atoms with Gasteiger partial charge >= 0.3 is 12.0 Å². The summed E-state index contributed by atoms with van der Waals surface area (Å²) in [6.07, 6.45) is 6.19. The van der Waals surface area contributed by atoms with Crippen molar-refractivity contribution in [1.29, 1.82) is 0 Å². The lowest BCUT2D eigenvalue weighted by Gasteiger charge is -2.26. The zero-order valence-corrected chi connectivity index (χ0v) is 12.1. The fourth-order valence-electron chi connectivity index (χ4n) is 2.62. The fraction of sp³-hybridized carbons (Fsp3) is 0.533. The van der Waals surface area contributed by atoms with Crippen molar-refractivity contribution in [2.45, 2.75) is 45.2 Å². The van der Waals surface area contributed by atoms with Crippen molar-refractivity contribution in [3.63, 3.8) is 0 Å². The predicted molar refractivity (Wildman–Crippen MR) is 77.7 cm³/mol. The molecule has 1 aromatic heterocycles. The number of carboxylic acids is 1. The molecule has 0 saturated heterocycles. The molecule has 2 amide bonds. The number of hydrogen-bond donors (Lipinski definition) is 3. The smallest absolute Gasteiger partial charge is 0.315 e. The zero-order valence-electron chi connectivity index (χ0n) is 12.1. The minimum atomic E-state index is -0.732. The summed E-state index contributed by atoms with van der Waals surface area (Å²) in [6, 6.07) is 1.83. The summed E-state index contributed by atoms with van der Waals surface area (Å²) in [5, 5.41) is 14.6. The first-order chi connectivity index (χ1) is 10.0. The van der Waals surface area contributed by atoms with Gasteiger partial charge in [-0.25, -0.2) is 4.79 Å². The van der Waals surface area contributed by atoms with Crippen LogP contribution in [0.5, 0.6) is 0 Å². The number of aliphatic carboxylic acids is 1. The van der Waals surface area contributed by atoms with E-state index in [0.29, 0.717) is 19.4 Å². The largest absolute Gasteiger partial charge is 0.481 e. The standard InChI is InChI=1S/C15H21N3O3/c1-10-6-11(8-16-7-10)9-17-15(21)18-13-4-2-12(3-5-13)14(19)20/h6-8,12-13H,2-5,9H2,1H3,(H,19,20)(H2,17,18,21). The lowest BCUT2D eigenvalue weighted by Crippen LogP contribution is -2.43. The fourth-order valence-corrected chi connectivity index (χ4v) is 2.62. The van der Waals surface area contributed by atoms with E-state index < -0.39 is 5.97 Å². The average Bonchev–Trinajstić information content (AvgIpc) is 2.46. The molecule has 0 aliphatic heterocycles. The molecule has 0 bridgehead atoms. The van der Waals surface area contributed by atoms with E-state index in [2.05, 4.69) is 15.6 Å². The first-order valence-corrected chi connectivity index (χ1v) is 7.22. The summed E-state index contributed by atoms with van der Waals surface area (Å²) in [5.74, 6) is -0.991. The lowest BCUT2D eigenvalue weighted by atomic mass is 9.86. The molecule has 1 fully saturated rings. The molecule has 3 N–H and O–H groups in total. The number of nitrogens with zero attached hydrogens (tertiary/aromatic N) is 1. The van der Waals surface area contributed by atoms with E-state index in [1.807, 2.05) is 13.0 Å². The van der Waals surface area contributed by atoms with Crippen LogP contribution in [0.3, 0.4) is 0 Å². The van der Waals surface area contributed by atoms with Gasteiger partial charge in [0, 0.05) is 25.0 Å². The number of rotatable bonds is 4. The molecule has 0 aromatic carbocycles. The number of pyridine rings is 1. The third kappa shape index (κ3) is 4.73. The van der Waals surface area contributed by atoms with Crippen LogP contribution in [0.25, 0.3) is 0 Å². The zero-order chi connectivity index (χ0) is 15.2. The van der Waals surface area contributed by atoms with Gasteiger partial charge in [-0.3, -0.25) is 9.78 Å². The topological polar surface area (TPSA) is 91.3 Å². The van der Waals surface area contributed by atoms with Gasteiger partial charge in [-0.1, -0.05) is 6.07 Å². The highest BCUT2D eigenvalue weighted by Crippen LogP contribution is 2.24. The Balaban J connectivity index is 1.72. The van der Waals surface area contributed by atoms with Crippen LogP contribution in [-0.2, 0) is 11.3 Å². The van der Waals surface area contributed by atoms with Crippen molar-refractivity contribution in [3.8, 4) is 0 Å². The maximum absolute atomic E-state index is 11.8. The Labute approximate surface area is 124 Å². The van der Waals surface area contributed by atoms with Crippen LogP contribution in [0, 0.1) is 12.8 Å². The van der Waals surface area contributed by atoms with Crippen LogP contribution in [0.15, 0.2) is 18.5 Å². The Morgan fingerprint density at radius 3 is 2.62 bits per heavy atom. The summed E-state index contributed by atoms with van der Waals surface area (Å²) in [7, 11) is 0. The third-order valence-corrected chi connectivity index (χ3v) is 3.80. The van der Waals surface area contributed by atoms with E-state index >= 15 is 0 Å². The van der Waals surface area contributed by atoms with Crippen LogP contribution in [0.2, 0.25) is 0 Å². The van der Waals surface area contributed by atoms with Crippen LogP contribution in [0.1, 0.15) is 36.8 Å². The average molecular weight is 291 g/mol. The first kappa shape index (κ1) is 15.3. The Bertz CT molecular complexity index is 511. The summed E-state index contributed by atoms with van der Waals surface area (Å²) >= 11 is 0. The quantitative estimate of drug-likeness (QED) is 0.789. The van der Waals surface area contributed by atoms with Gasteiger partial charge in [0.05, 0.1) is 5.92 Å². The Morgan fingerprint density at radius 1 is 1.29 bits per heavy atom. The number of carbonyl (C=O) groups is 2. The minimum Gasteiger partial charge on any atom is -0.481 e. The van der Waals surface area contributed by atoms with Crippen LogP contribution < -0.4 is 10.6 Å². The molecule has 1 saturated carbocycles. The van der Waals surface area contributed by atoms with Crippen molar-refractivity contribution in [2.75, 3.05) is 0 Å². The molecule has 0 atom stereocenters. The molecule has 0 radical (unpaired) electrons. The van der Waals surface area contributed by atoms with Gasteiger partial charge in [0.25, 0.3) is 0 Å². The van der Waals surface area contributed by atoms with E-state index in [0.717, 1.165) is 24.0 Å². The second-order valence-electron chi connectivity index (χ2n) is 5.58. The molecule has 2 rings (SSSR count). The van der Waals surface area contributed by atoms with Crippen molar-refractivity contribution in [2.24, 2.45) is 5.92 Å². The number of aromatic nitrogens is 1. The number of nitrogens with one attached hydrogen (secondary N) is 2. The molecule has 21 heavy (non-hydrogen) atoms. The first-order valence-electron chi connectivity index (χ1n) is 7.22. The molecule has 1 aromatic rings. The van der Waals surface area contributed by atoms with Gasteiger partial charge in [-0.05, 0) is 43.7 Å². The summed E-state index contributed by atoms with van der Waals surface area (Å²) in [6.45, 7) is 2.39. The lowest BCUT2D eigenvalue weighted by molar-refractivity contribution is -0.142. The molecular weight excluding hydrogens is 270 g/mol. The molecule has 6 heteroatoms. The molecular formula is C15H21N3O3. The molecule has 6 nitrogen and oxygen atoms in total. The van der Waals surface area contributed by atoms with Crippen molar-refractivity contribution < 1.29 is 14.7 Å². The van der Waals surface area contributed by atoms with Crippen molar-refractivity contribution in [1.82, 2.24) is 15.6 Å². The Hall–Kier alpha value is -2.11.